The summed E-state index contributed by atoms with van der Waals surface area (Å²) in [6.45, 7) is 2.85. The lowest BCUT2D eigenvalue weighted by atomic mass is 10.0. The average molecular weight is 384 g/mol. The summed E-state index contributed by atoms with van der Waals surface area (Å²) in [6.07, 6.45) is 1.35. The zero-order chi connectivity index (χ0) is 18.7. The van der Waals surface area contributed by atoms with Crippen molar-refractivity contribution in [3.05, 3.63) is 35.9 Å². The number of hydrazone groups is 1. The normalized spacial score (nSPS) is 20.3. The van der Waals surface area contributed by atoms with Gasteiger partial charge in [-0.2, -0.15) is 0 Å². The van der Waals surface area contributed by atoms with Crippen molar-refractivity contribution in [2.45, 2.75) is 25.1 Å². The summed E-state index contributed by atoms with van der Waals surface area (Å²) in [7, 11) is -3.36. The average Bonchev–Trinajstić information content (AvgIpc) is 2.86. The summed E-state index contributed by atoms with van der Waals surface area (Å²) < 4.78 is 25.2. The fourth-order valence-electron chi connectivity index (χ4n) is 2.51. The van der Waals surface area contributed by atoms with E-state index in [-0.39, 0.29) is 24.8 Å². The van der Waals surface area contributed by atoms with Gasteiger partial charge in [0.25, 0.3) is 0 Å². The summed E-state index contributed by atoms with van der Waals surface area (Å²) in [5.41, 5.74) is 0.787. The third-order valence-electron chi connectivity index (χ3n) is 3.43. The molecule has 0 bridgehead atoms. The van der Waals surface area contributed by atoms with Crippen molar-refractivity contribution in [1.29, 1.82) is 0 Å². The zero-order valence-electron chi connectivity index (χ0n) is 14.1. The highest BCUT2D eigenvalue weighted by Gasteiger charge is 2.47. The molecule has 136 valence electrons. The Labute approximate surface area is 151 Å². The molecule has 2 amide bonds. The predicted molar refractivity (Wildman–Crippen MR) is 96.9 cm³/mol. The van der Waals surface area contributed by atoms with Crippen LogP contribution in [0.4, 0.5) is 0 Å². The molecule has 1 aromatic rings. The third kappa shape index (κ3) is 4.80. The second-order valence-electron chi connectivity index (χ2n) is 5.59. The Kier molecular flexibility index (Phi) is 5.86. The first-order valence-electron chi connectivity index (χ1n) is 7.50. The van der Waals surface area contributed by atoms with Crippen LogP contribution in [0.5, 0.6) is 0 Å². The minimum atomic E-state index is -3.36. The van der Waals surface area contributed by atoms with E-state index in [0.717, 1.165) is 11.8 Å². The van der Waals surface area contributed by atoms with Crippen LogP contribution in [0, 0.1) is 0 Å². The van der Waals surface area contributed by atoms with Gasteiger partial charge in [0.15, 0.2) is 5.17 Å². The number of thioether (sulfide) groups is 1. The van der Waals surface area contributed by atoms with Crippen molar-refractivity contribution in [2.24, 2.45) is 5.10 Å². The van der Waals surface area contributed by atoms with Crippen molar-refractivity contribution in [2.75, 3.05) is 12.8 Å². The minimum Gasteiger partial charge on any atom is -0.304 e. The lowest BCUT2D eigenvalue weighted by Crippen LogP contribution is -2.43. The summed E-state index contributed by atoms with van der Waals surface area (Å²) in [5.74, 6) is -0.607. The van der Waals surface area contributed by atoms with Gasteiger partial charge in [-0.15, -0.1) is 5.10 Å². The second kappa shape index (κ2) is 7.54. The Morgan fingerprint density at radius 2 is 1.88 bits per heavy atom. The molecule has 0 saturated carbocycles. The van der Waals surface area contributed by atoms with Crippen LogP contribution >= 0.6 is 11.8 Å². The second-order valence-corrected chi connectivity index (χ2v) is 8.69. The molecule has 0 aliphatic carbocycles. The Morgan fingerprint density at radius 3 is 2.40 bits per heavy atom. The Balaban J connectivity index is 2.40. The molecule has 8 nitrogen and oxygen atoms in total. The Hall–Kier alpha value is -1.91. The van der Waals surface area contributed by atoms with Crippen molar-refractivity contribution in [3.8, 4) is 0 Å². The standard InChI is InChI=1S/C15H20N4O4S2/c1-11(20)17-14-18-19(12(2)21)15(24-14,9-10-16-25(3,22)23)13-7-5-4-6-8-13/h4-8,16H,9-10H2,1-3H3,(H,17,18,20). The van der Waals surface area contributed by atoms with Gasteiger partial charge in [0, 0.05) is 26.8 Å². The molecular formula is C15H20N4O4S2. The first-order chi connectivity index (χ1) is 11.6. The van der Waals surface area contributed by atoms with Gasteiger partial charge in [-0.25, -0.2) is 18.1 Å². The molecule has 1 aliphatic heterocycles. The van der Waals surface area contributed by atoms with Crippen molar-refractivity contribution >= 4 is 38.8 Å². The van der Waals surface area contributed by atoms with Crippen molar-refractivity contribution < 1.29 is 18.0 Å². The van der Waals surface area contributed by atoms with E-state index in [1.807, 2.05) is 30.3 Å². The van der Waals surface area contributed by atoms with E-state index in [9.17, 15) is 18.0 Å². The topological polar surface area (TPSA) is 108 Å². The number of nitrogens with zero attached hydrogens (tertiary/aromatic N) is 2. The lowest BCUT2D eigenvalue weighted by Gasteiger charge is -2.35. The van der Waals surface area contributed by atoms with Crippen molar-refractivity contribution in [1.82, 2.24) is 15.0 Å². The van der Waals surface area contributed by atoms with Crippen LogP contribution in [-0.2, 0) is 24.5 Å². The highest BCUT2D eigenvalue weighted by atomic mass is 32.2. The summed E-state index contributed by atoms with van der Waals surface area (Å²) in [4.78, 5) is 22.6. The van der Waals surface area contributed by atoms with Gasteiger partial charge in [0.05, 0.1) is 6.26 Å². The van der Waals surface area contributed by atoms with Crippen LogP contribution in [0.15, 0.2) is 35.4 Å². The van der Waals surface area contributed by atoms with E-state index in [4.69, 9.17) is 0 Å². The Bertz CT molecular complexity index is 795. The van der Waals surface area contributed by atoms with E-state index in [1.165, 1.54) is 30.6 Å². The lowest BCUT2D eigenvalue weighted by molar-refractivity contribution is -0.132. The van der Waals surface area contributed by atoms with E-state index >= 15 is 0 Å². The van der Waals surface area contributed by atoms with Gasteiger partial charge in [-0.1, -0.05) is 42.1 Å². The summed E-state index contributed by atoms with van der Waals surface area (Å²) >= 11 is 1.21. The molecule has 1 atom stereocenters. The molecular weight excluding hydrogens is 364 g/mol. The molecule has 1 unspecified atom stereocenters. The SMILES string of the molecule is CC(=O)NC1=NN(C(C)=O)C(CCNS(C)(=O)=O)(c2ccccc2)S1. The molecule has 0 aromatic heterocycles. The number of nitrogens with one attached hydrogen (secondary N) is 2. The number of sulfonamides is 1. The summed E-state index contributed by atoms with van der Waals surface area (Å²) in [5, 5.41) is 8.42. The minimum absolute atomic E-state index is 0.118. The van der Waals surface area contributed by atoms with Gasteiger partial charge in [0.1, 0.15) is 4.87 Å². The maximum atomic E-state index is 12.2. The molecule has 2 N–H and O–H groups in total. The fraction of sp³-hybridized carbons (Fsp3) is 0.400. The number of carbonyl (C=O) groups is 2. The number of hydrogen-bond acceptors (Lipinski definition) is 6. The first-order valence-corrected chi connectivity index (χ1v) is 10.2. The van der Waals surface area contributed by atoms with Crippen LogP contribution in [0.25, 0.3) is 0 Å². The predicted octanol–water partition coefficient (Wildman–Crippen LogP) is 0.781. The molecule has 1 aromatic carbocycles. The molecule has 0 radical (unpaired) electrons. The van der Waals surface area contributed by atoms with Crippen molar-refractivity contribution in [3.63, 3.8) is 0 Å². The molecule has 10 heteroatoms. The quantitative estimate of drug-likeness (QED) is 0.780. The number of amides is 2. The number of carbonyl (C=O) groups excluding carboxylic acids is 2. The smallest absolute Gasteiger partial charge is 0.241 e. The first kappa shape index (κ1) is 19.4. The van der Waals surface area contributed by atoms with E-state index in [2.05, 4.69) is 15.1 Å². The van der Waals surface area contributed by atoms with Crippen LogP contribution < -0.4 is 10.0 Å². The van der Waals surface area contributed by atoms with Gasteiger partial charge >= 0.3 is 0 Å². The van der Waals surface area contributed by atoms with E-state index < -0.39 is 14.9 Å². The molecule has 0 fully saturated rings. The van der Waals surface area contributed by atoms with Crippen LogP contribution in [0.1, 0.15) is 25.8 Å². The monoisotopic (exact) mass is 384 g/mol. The van der Waals surface area contributed by atoms with E-state index in [1.54, 1.807) is 0 Å². The number of amidine groups is 1. The van der Waals surface area contributed by atoms with Gasteiger partial charge < -0.3 is 5.32 Å². The summed E-state index contributed by atoms with van der Waals surface area (Å²) in [6, 6.07) is 9.19. The largest absolute Gasteiger partial charge is 0.304 e. The van der Waals surface area contributed by atoms with Crippen LogP contribution in [0.2, 0.25) is 0 Å². The number of rotatable bonds is 5. The maximum absolute atomic E-state index is 12.2. The molecule has 2 rings (SSSR count). The van der Waals surface area contributed by atoms with Gasteiger partial charge in [-0.3, -0.25) is 9.59 Å². The van der Waals surface area contributed by atoms with Gasteiger partial charge in [-0.05, 0) is 5.56 Å². The van der Waals surface area contributed by atoms with Crippen LogP contribution in [0.3, 0.4) is 0 Å². The highest BCUT2D eigenvalue weighted by molar-refractivity contribution is 8.14. The van der Waals surface area contributed by atoms with E-state index in [0.29, 0.717) is 5.17 Å². The molecule has 1 aliphatic rings. The molecule has 0 spiro atoms. The number of hydrogen-bond donors (Lipinski definition) is 2. The molecule has 25 heavy (non-hydrogen) atoms. The van der Waals surface area contributed by atoms with Crippen LogP contribution in [-0.4, -0.2) is 43.2 Å². The highest BCUT2D eigenvalue weighted by Crippen LogP contribution is 2.47. The Morgan fingerprint density at radius 1 is 1.24 bits per heavy atom. The van der Waals surface area contributed by atoms with Gasteiger partial charge in [0.2, 0.25) is 21.8 Å². The third-order valence-corrected chi connectivity index (χ3v) is 5.49. The zero-order valence-corrected chi connectivity index (χ0v) is 15.8. The number of benzene rings is 1. The fourth-order valence-corrected chi connectivity index (χ4v) is 4.33. The molecule has 1 heterocycles. The molecule has 0 saturated heterocycles. The maximum Gasteiger partial charge on any atom is 0.241 e.